The summed E-state index contributed by atoms with van der Waals surface area (Å²) in [5, 5.41) is 7.97. The van der Waals surface area contributed by atoms with Crippen LogP contribution >= 0.6 is 0 Å². The second-order valence-electron chi connectivity index (χ2n) is 8.65. The van der Waals surface area contributed by atoms with Gasteiger partial charge in [0.25, 0.3) is 0 Å². The van der Waals surface area contributed by atoms with Crippen LogP contribution in [0.15, 0.2) is 66.9 Å². The van der Waals surface area contributed by atoms with Gasteiger partial charge in [0.1, 0.15) is 0 Å². The van der Waals surface area contributed by atoms with Crippen molar-refractivity contribution >= 4 is 38.6 Å². The average molecular weight is 492 g/mol. The highest BCUT2D eigenvalue weighted by atomic mass is 32.2. The number of anilines is 4. The van der Waals surface area contributed by atoms with Gasteiger partial charge < -0.3 is 15.1 Å². The molecule has 10 heteroatoms. The smallest absolute Gasteiger partial charge is 0.245 e. The van der Waals surface area contributed by atoms with Crippen LogP contribution in [-0.2, 0) is 10.0 Å². The Morgan fingerprint density at radius 1 is 0.943 bits per heavy atom. The summed E-state index contributed by atoms with van der Waals surface area (Å²) in [4.78, 5) is 9.19. The van der Waals surface area contributed by atoms with Gasteiger partial charge in [-0.25, -0.2) is 17.9 Å². The molecule has 9 nitrogen and oxygen atoms in total. The van der Waals surface area contributed by atoms with Gasteiger partial charge in [-0.1, -0.05) is 18.2 Å². The van der Waals surface area contributed by atoms with Gasteiger partial charge in [0.2, 0.25) is 16.0 Å². The number of hydrogen-bond donors (Lipinski definition) is 2. The van der Waals surface area contributed by atoms with Gasteiger partial charge in [0.15, 0.2) is 0 Å². The van der Waals surface area contributed by atoms with Gasteiger partial charge in [0, 0.05) is 43.1 Å². The number of rotatable bonds is 7. The minimum absolute atomic E-state index is 0.0000726. The van der Waals surface area contributed by atoms with E-state index in [0.717, 1.165) is 48.6 Å². The second-order valence-corrected chi connectivity index (χ2v) is 10.7. The van der Waals surface area contributed by atoms with Crippen molar-refractivity contribution in [3.8, 4) is 11.3 Å². The molecule has 3 heterocycles. The van der Waals surface area contributed by atoms with Crippen molar-refractivity contribution in [2.45, 2.75) is 6.92 Å². The lowest BCUT2D eigenvalue weighted by Crippen LogP contribution is -2.44. The normalized spacial score (nSPS) is 14.9. The quantitative estimate of drug-likeness (QED) is 0.407. The second kappa shape index (κ2) is 9.55. The molecule has 2 N–H and O–H groups in total. The summed E-state index contributed by atoms with van der Waals surface area (Å²) in [5.74, 6) is 0.453. The standard InChI is InChI=1S/C25H29N7O2S/c1-3-35(33,34)29-23-7-5-4-6-22(23)24-13-12-21-18-26-25(28-32(21)24)27-19-8-10-20(11-9-19)31-16-14-30(2)15-17-31/h4-13,18,29H,3,14-17H2,1-2H3,(H,27,28). The molecule has 0 spiro atoms. The first-order chi connectivity index (χ1) is 16.9. The lowest BCUT2D eigenvalue weighted by atomic mass is 10.1. The molecule has 0 saturated carbocycles. The van der Waals surface area contributed by atoms with E-state index < -0.39 is 10.0 Å². The third-order valence-electron chi connectivity index (χ3n) is 6.24. The van der Waals surface area contributed by atoms with Crippen molar-refractivity contribution < 1.29 is 8.42 Å². The van der Waals surface area contributed by atoms with Gasteiger partial charge in [-0.3, -0.25) is 4.72 Å². The van der Waals surface area contributed by atoms with Crippen LogP contribution in [0.4, 0.5) is 23.0 Å². The maximum absolute atomic E-state index is 12.2. The highest BCUT2D eigenvalue weighted by Crippen LogP contribution is 2.30. The first-order valence-corrected chi connectivity index (χ1v) is 13.3. The van der Waals surface area contributed by atoms with E-state index in [1.54, 1.807) is 29.8 Å². The minimum atomic E-state index is -3.41. The molecule has 182 valence electrons. The SMILES string of the molecule is CCS(=O)(=O)Nc1ccccc1-c1ccc2cnc(Nc3ccc(N4CCN(C)CC4)cc3)nn12. The number of sulfonamides is 1. The number of fused-ring (bicyclic) bond motifs is 1. The molecule has 0 bridgehead atoms. The molecule has 2 aromatic heterocycles. The first-order valence-electron chi connectivity index (χ1n) is 11.7. The Kier molecular flexibility index (Phi) is 6.31. The lowest BCUT2D eigenvalue weighted by Gasteiger charge is -2.34. The van der Waals surface area contributed by atoms with Crippen LogP contribution in [0.3, 0.4) is 0 Å². The maximum atomic E-state index is 12.2. The van der Waals surface area contributed by atoms with Crippen LogP contribution in [0.5, 0.6) is 0 Å². The van der Waals surface area contributed by atoms with Gasteiger partial charge in [-0.15, -0.1) is 5.10 Å². The molecular formula is C25H29N7O2S. The van der Waals surface area contributed by atoms with E-state index >= 15 is 0 Å². The molecule has 4 aromatic rings. The van der Waals surface area contributed by atoms with Crippen LogP contribution in [0.2, 0.25) is 0 Å². The summed E-state index contributed by atoms with van der Waals surface area (Å²) in [6, 6.07) is 19.4. The van der Waals surface area contributed by atoms with Gasteiger partial charge in [0.05, 0.1) is 28.8 Å². The molecule has 5 rings (SSSR count). The highest BCUT2D eigenvalue weighted by Gasteiger charge is 2.16. The fourth-order valence-corrected chi connectivity index (χ4v) is 4.80. The first kappa shape index (κ1) is 23.1. The fraction of sp³-hybridized carbons (Fsp3) is 0.280. The van der Waals surface area contributed by atoms with Gasteiger partial charge >= 0.3 is 0 Å². The third kappa shape index (κ3) is 5.08. The van der Waals surface area contributed by atoms with E-state index in [9.17, 15) is 8.42 Å². The third-order valence-corrected chi connectivity index (χ3v) is 7.53. The molecule has 0 atom stereocenters. The zero-order valence-corrected chi connectivity index (χ0v) is 20.7. The van der Waals surface area contributed by atoms with Crippen molar-refractivity contribution in [3.63, 3.8) is 0 Å². The molecule has 0 aliphatic carbocycles. The number of piperazine rings is 1. The number of para-hydroxylation sites is 1. The molecule has 2 aromatic carbocycles. The molecule has 1 aliphatic heterocycles. The lowest BCUT2D eigenvalue weighted by molar-refractivity contribution is 0.313. The van der Waals surface area contributed by atoms with Crippen molar-refractivity contribution in [1.82, 2.24) is 19.5 Å². The molecule has 1 aliphatic rings. The monoisotopic (exact) mass is 491 g/mol. The Balaban J connectivity index is 1.40. The van der Waals surface area contributed by atoms with Crippen molar-refractivity contribution in [3.05, 3.63) is 66.9 Å². The summed E-state index contributed by atoms with van der Waals surface area (Å²) in [5.41, 5.74) is 4.94. The van der Waals surface area contributed by atoms with Crippen LogP contribution < -0.4 is 14.9 Å². The van der Waals surface area contributed by atoms with Crippen LogP contribution in [0.1, 0.15) is 6.92 Å². The van der Waals surface area contributed by atoms with E-state index in [-0.39, 0.29) is 5.75 Å². The van der Waals surface area contributed by atoms with Gasteiger partial charge in [-0.2, -0.15) is 0 Å². The van der Waals surface area contributed by atoms with Crippen molar-refractivity contribution in [2.75, 3.05) is 53.9 Å². The maximum Gasteiger partial charge on any atom is 0.245 e. The number of nitrogens with one attached hydrogen (secondary N) is 2. The zero-order valence-electron chi connectivity index (χ0n) is 19.8. The Hall–Kier alpha value is -3.63. The van der Waals surface area contributed by atoms with Crippen LogP contribution in [0.25, 0.3) is 16.8 Å². The predicted octanol–water partition coefficient (Wildman–Crippen LogP) is 3.65. The Morgan fingerprint density at radius 2 is 1.69 bits per heavy atom. The number of likely N-dealkylation sites (N-methyl/N-ethyl adjacent to an activating group) is 1. The summed E-state index contributed by atoms with van der Waals surface area (Å²) < 4.78 is 28.8. The number of aromatic nitrogens is 3. The number of hydrogen-bond acceptors (Lipinski definition) is 7. The predicted molar refractivity (Wildman–Crippen MR) is 141 cm³/mol. The van der Waals surface area contributed by atoms with Crippen molar-refractivity contribution in [1.29, 1.82) is 0 Å². The molecule has 35 heavy (non-hydrogen) atoms. The summed E-state index contributed by atoms with van der Waals surface area (Å²) in [6.07, 6.45) is 1.75. The molecule has 0 unspecified atom stereocenters. The fourth-order valence-electron chi connectivity index (χ4n) is 4.15. The molecular weight excluding hydrogens is 462 g/mol. The highest BCUT2D eigenvalue weighted by molar-refractivity contribution is 7.92. The Morgan fingerprint density at radius 3 is 2.43 bits per heavy atom. The molecule has 1 fully saturated rings. The van der Waals surface area contributed by atoms with E-state index in [1.165, 1.54) is 5.69 Å². The van der Waals surface area contributed by atoms with Gasteiger partial charge in [-0.05, 0) is 56.4 Å². The average Bonchev–Trinajstić information content (AvgIpc) is 3.28. The number of benzene rings is 2. The van der Waals surface area contributed by atoms with E-state index in [4.69, 9.17) is 0 Å². The zero-order chi connectivity index (χ0) is 24.4. The van der Waals surface area contributed by atoms with Crippen LogP contribution in [0, 0.1) is 0 Å². The minimum Gasteiger partial charge on any atom is -0.369 e. The number of nitrogens with zero attached hydrogens (tertiary/aromatic N) is 5. The summed E-state index contributed by atoms with van der Waals surface area (Å²) >= 11 is 0. The van der Waals surface area contributed by atoms with E-state index in [1.807, 2.05) is 36.4 Å². The van der Waals surface area contributed by atoms with Crippen LogP contribution in [-0.4, -0.2) is 66.9 Å². The molecule has 0 amide bonds. The van der Waals surface area contributed by atoms with E-state index in [2.05, 4.69) is 49.1 Å². The van der Waals surface area contributed by atoms with Crippen molar-refractivity contribution in [2.24, 2.45) is 0 Å². The van der Waals surface area contributed by atoms with E-state index in [0.29, 0.717) is 11.6 Å². The summed E-state index contributed by atoms with van der Waals surface area (Å²) in [7, 11) is -1.26. The Labute approximate surface area is 205 Å². The summed E-state index contributed by atoms with van der Waals surface area (Å²) in [6.45, 7) is 5.79. The molecule has 0 radical (unpaired) electrons. The molecule has 1 saturated heterocycles. The Bertz CT molecular complexity index is 1430. The largest absolute Gasteiger partial charge is 0.369 e. The topological polar surface area (TPSA) is 94.9 Å².